The van der Waals surface area contributed by atoms with E-state index in [1.165, 1.54) is 0 Å². The van der Waals surface area contributed by atoms with Crippen LogP contribution in [-0.2, 0) is 4.57 Å². The maximum Gasteiger partial charge on any atom is 0.341 e. The van der Waals surface area contributed by atoms with Crippen LogP contribution in [0.4, 0.5) is 0 Å². The highest BCUT2D eigenvalue weighted by Gasteiger charge is 2.23. The van der Waals surface area contributed by atoms with E-state index in [4.69, 9.17) is 0 Å². The zero-order chi connectivity index (χ0) is 8.15. The highest BCUT2D eigenvalue weighted by Crippen LogP contribution is 2.31. The van der Waals surface area contributed by atoms with E-state index in [1.54, 1.807) is 0 Å². The van der Waals surface area contributed by atoms with E-state index in [-0.39, 0.29) is 0 Å². The van der Waals surface area contributed by atoms with Gasteiger partial charge in [0.05, 0.1) is 0 Å². The van der Waals surface area contributed by atoms with Crippen LogP contribution in [0, 0.1) is 5.92 Å². The molecule has 0 saturated heterocycles. The zero-order valence-corrected chi connectivity index (χ0v) is 8.32. The standard InChI is InChI=1S/C8H18OP/c1-5-8(4)10(9)6-7(2)3/h7-8H,5-6H2,1-4H3/q+1. The first-order valence-electron chi connectivity index (χ1n) is 4.01. The van der Waals surface area contributed by atoms with E-state index in [0.717, 1.165) is 12.6 Å². The Bertz CT molecular complexity index is 110. The maximum atomic E-state index is 11.3. The highest BCUT2D eigenvalue weighted by atomic mass is 31.1. The first-order chi connectivity index (χ1) is 4.57. The molecule has 0 rings (SSSR count). The molecule has 0 heterocycles. The van der Waals surface area contributed by atoms with Gasteiger partial charge in [0.2, 0.25) is 0 Å². The minimum atomic E-state index is -0.931. The fraction of sp³-hybridized carbons (Fsp3) is 1.00. The molecule has 0 bridgehead atoms. The van der Waals surface area contributed by atoms with Crippen LogP contribution in [0.2, 0.25) is 0 Å². The number of hydrogen-bond acceptors (Lipinski definition) is 1. The van der Waals surface area contributed by atoms with Gasteiger partial charge < -0.3 is 0 Å². The fourth-order valence-corrected chi connectivity index (χ4v) is 2.23. The molecule has 0 aliphatic heterocycles. The Labute approximate surface area is 65.0 Å². The van der Waals surface area contributed by atoms with Crippen molar-refractivity contribution in [3.05, 3.63) is 0 Å². The summed E-state index contributed by atoms with van der Waals surface area (Å²) in [7, 11) is -0.931. The third-order valence-electron chi connectivity index (χ3n) is 1.63. The molecule has 0 aliphatic carbocycles. The molecule has 0 aromatic carbocycles. The molecule has 60 valence electrons. The van der Waals surface area contributed by atoms with Crippen LogP contribution in [0.25, 0.3) is 0 Å². The van der Waals surface area contributed by atoms with Gasteiger partial charge in [0.25, 0.3) is 0 Å². The molecule has 1 nitrogen and oxygen atoms in total. The molecule has 10 heavy (non-hydrogen) atoms. The van der Waals surface area contributed by atoms with Gasteiger partial charge >= 0.3 is 7.80 Å². The van der Waals surface area contributed by atoms with Crippen molar-refractivity contribution in [3.8, 4) is 0 Å². The van der Waals surface area contributed by atoms with Crippen molar-refractivity contribution in [3.63, 3.8) is 0 Å². The molecule has 0 N–H and O–H groups in total. The predicted octanol–water partition coefficient (Wildman–Crippen LogP) is 3.27. The summed E-state index contributed by atoms with van der Waals surface area (Å²) in [5.41, 5.74) is 0.414. The van der Waals surface area contributed by atoms with Crippen LogP contribution < -0.4 is 0 Å². The van der Waals surface area contributed by atoms with Gasteiger partial charge in [-0.2, -0.15) is 0 Å². The minimum absolute atomic E-state index is 0.414. The van der Waals surface area contributed by atoms with Gasteiger partial charge in [-0.25, -0.2) is 0 Å². The summed E-state index contributed by atoms with van der Waals surface area (Å²) in [6.45, 7) is 8.41. The van der Waals surface area contributed by atoms with Gasteiger partial charge in [-0.05, 0) is 19.3 Å². The van der Waals surface area contributed by atoms with E-state index >= 15 is 0 Å². The van der Waals surface area contributed by atoms with Crippen LogP contribution in [0.5, 0.6) is 0 Å². The molecule has 2 unspecified atom stereocenters. The predicted molar refractivity (Wildman–Crippen MR) is 47.1 cm³/mol. The monoisotopic (exact) mass is 161 g/mol. The Morgan fingerprint density at radius 3 is 2.10 bits per heavy atom. The van der Waals surface area contributed by atoms with Crippen molar-refractivity contribution in [1.82, 2.24) is 0 Å². The Kier molecular flexibility index (Phi) is 4.89. The average molecular weight is 161 g/mol. The lowest BCUT2D eigenvalue weighted by molar-refractivity contribution is 0.570. The van der Waals surface area contributed by atoms with Crippen molar-refractivity contribution in [2.75, 3.05) is 6.16 Å². The molecular weight excluding hydrogens is 143 g/mol. The van der Waals surface area contributed by atoms with E-state index in [9.17, 15) is 4.57 Å². The molecule has 0 fully saturated rings. The normalized spacial score (nSPS) is 15.5. The summed E-state index contributed by atoms with van der Waals surface area (Å²) in [4.78, 5) is 0. The molecule has 0 amide bonds. The third kappa shape index (κ3) is 4.00. The van der Waals surface area contributed by atoms with Gasteiger partial charge in [0.15, 0.2) is 5.66 Å². The van der Waals surface area contributed by atoms with Crippen LogP contribution in [-0.4, -0.2) is 11.8 Å². The summed E-state index contributed by atoms with van der Waals surface area (Å²) < 4.78 is 11.3. The average Bonchev–Trinajstić information content (AvgIpc) is 1.85. The van der Waals surface area contributed by atoms with Crippen LogP contribution in [0.15, 0.2) is 0 Å². The topological polar surface area (TPSA) is 17.1 Å². The van der Waals surface area contributed by atoms with Crippen molar-refractivity contribution in [1.29, 1.82) is 0 Å². The Hall–Kier alpha value is 0.100. The Morgan fingerprint density at radius 2 is 1.80 bits per heavy atom. The number of hydrogen-bond donors (Lipinski definition) is 0. The van der Waals surface area contributed by atoms with Gasteiger partial charge in [0, 0.05) is 0 Å². The summed E-state index contributed by atoms with van der Waals surface area (Å²) in [5, 5.41) is 0. The quantitative estimate of drug-likeness (QED) is 0.578. The minimum Gasteiger partial charge on any atom is -0.0745 e. The lowest BCUT2D eigenvalue weighted by Crippen LogP contribution is -1.99. The largest absolute Gasteiger partial charge is 0.341 e. The lowest BCUT2D eigenvalue weighted by Gasteiger charge is -1.97. The van der Waals surface area contributed by atoms with Crippen LogP contribution >= 0.6 is 7.80 Å². The molecule has 0 aromatic heterocycles. The van der Waals surface area contributed by atoms with E-state index < -0.39 is 7.80 Å². The van der Waals surface area contributed by atoms with Gasteiger partial charge in [0.1, 0.15) is 6.16 Å². The SMILES string of the molecule is CCC(C)[P+](=O)CC(C)C. The van der Waals surface area contributed by atoms with Crippen LogP contribution in [0.1, 0.15) is 34.1 Å². The smallest absolute Gasteiger partial charge is 0.0745 e. The summed E-state index contributed by atoms with van der Waals surface area (Å²) >= 11 is 0. The van der Waals surface area contributed by atoms with Crippen molar-refractivity contribution in [2.45, 2.75) is 39.8 Å². The maximum absolute atomic E-state index is 11.3. The molecule has 2 atom stereocenters. The first kappa shape index (κ1) is 10.1. The summed E-state index contributed by atoms with van der Waals surface area (Å²) in [6.07, 6.45) is 1.94. The summed E-state index contributed by atoms with van der Waals surface area (Å²) in [6, 6.07) is 0. The lowest BCUT2D eigenvalue weighted by atomic mass is 10.3. The molecule has 2 heteroatoms. The van der Waals surface area contributed by atoms with Crippen molar-refractivity contribution in [2.24, 2.45) is 5.92 Å². The summed E-state index contributed by atoms with van der Waals surface area (Å²) in [5.74, 6) is 0.581. The van der Waals surface area contributed by atoms with Crippen molar-refractivity contribution < 1.29 is 4.57 Å². The molecule has 0 spiro atoms. The van der Waals surface area contributed by atoms with E-state index in [0.29, 0.717) is 11.6 Å². The number of rotatable bonds is 4. The fourth-order valence-electron chi connectivity index (χ4n) is 0.743. The van der Waals surface area contributed by atoms with Gasteiger partial charge in [-0.3, -0.25) is 0 Å². The van der Waals surface area contributed by atoms with Crippen molar-refractivity contribution >= 4 is 7.80 Å². The second kappa shape index (κ2) is 4.85. The van der Waals surface area contributed by atoms with Crippen LogP contribution in [0.3, 0.4) is 0 Å². The van der Waals surface area contributed by atoms with Gasteiger partial charge in [-0.15, -0.1) is 0 Å². The molecule has 0 radical (unpaired) electrons. The second-order valence-corrected chi connectivity index (χ2v) is 5.33. The van der Waals surface area contributed by atoms with Gasteiger partial charge in [-0.1, -0.05) is 25.3 Å². The molecule has 0 saturated carbocycles. The second-order valence-electron chi connectivity index (χ2n) is 3.25. The molecule has 0 aromatic rings. The Balaban J connectivity index is 3.62. The molecule has 0 aliphatic rings. The third-order valence-corrected chi connectivity index (χ3v) is 4.07. The van der Waals surface area contributed by atoms with E-state index in [2.05, 4.69) is 27.7 Å². The Morgan fingerprint density at radius 1 is 1.30 bits per heavy atom. The first-order valence-corrected chi connectivity index (χ1v) is 5.53. The highest BCUT2D eigenvalue weighted by molar-refractivity contribution is 7.45. The zero-order valence-electron chi connectivity index (χ0n) is 7.42. The van der Waals surface area contributed by atoms with E-state index in [1.807, 2.05) is 0 Å². The molecular formula is C8H18OP+.